The first-order valence-corrected chi connectivity index (χ1v) is 11.5. The Balaban J connectivity index is 1.35. The zero-order valence-electron chi connectivity index (χ0n) is 16.7. The monoisotopic (exact) mass is 446 g/mol. The van der Waals surface area contributed by atoms with Gasteiger partial charge in [-0.05, 0) is 35.4 Å². The Bertz CT molecular complexity index is 1200. The first-order valence-electron chi connectivity index (χ1n) is 9.91. The highest BCUT2D eigenvalue weighted by molar-refractivity contribution is 7.89. The van der Waals surface area contributed by atoms with E-state index in [2.05, 4.69) is 14.9 Å². The third-order valence-corrected chi connectivity index (χ3v) is 7.31. The molecule has 2 heterocycles. The number of piperazine rings is 1. The molecule has 0 bridgehead atoms. The Hall–Kier alpha value is -3.11. The number of aryl methyl sites for hydroxylation is 1. The van der Waals surface area contributed by atoms with Gasteiger partial charge in [0.05, 0.1) is 11.4 Å². The van der Waals surface area contributed by atoms with Crippen LogP contribution in [-0.4, -0.2) is 59.7 Å². The van der Waals surface area contributed by atoms with Crippen molar-refractivity contribution in [2.24, 2.45) is 0 Å². The second kappa shape index (κ2) is 8.56. The molecule has 31 heavy (non-hydrogen) atoms. The fourth-order valence-corrected chi connectivity index (χ4v) is 5.12. The normalized spacial score (nSPS) is 15.3. The molecule has 4 rings (SSSR count). The summed E-state index contributed by atoms with van der Waals surface area (Å²) in [4.78, 5) is 17.9. The standard InChI is InChI=1S/C21H23FN4O4S/c22-17-5-1-15(2-6-17)16-3-7-18(8-4-16)25-10-12-26(13-11-25)31(29,30)14-9-19-20(27)24-21(28)23-19/h1-8,27H,9-14H2,(H2,23,24,28). The van der Waals surface area contributed by atoms with E-state index in [1.165, 1.54) is 16.4 Å². The Morgan fingerprint density at radius 3 is 2.03 bits per heavy atom. The van der Waals surface area contributed by atoms with E-state index in [1.54, 1.807) is 12.1 Å². The number of hydrogen-bond acceptors (Lipinski definition) is 5. The van der Waals surface area contributed by atoms with Crippen LogP contribution in [0.25, 0.3) is 11.1 Å². The number of imidazole rings is 1. The zero-order chi connectivity index (χ0) is 22.0. The Labute approximate surface area is 179 Å². The lowest BCUT2D eigenvalue weighted by molar-refractivity contribution is 0.384. The number of hydrogen-bond donors (Lipinski definition) is 3. The minimum absolute atomic E-state index is 0.0258. The lowest BCUT2D eigenvalue weighted by Crippen LogP contribution is -2.49. The second-order valence-corrected chi connectivity index (χ2v) is 9.50. The van der Waals surface area contributed by atoms with Crippen molar-refractivity contribution in [1.29, 1.82) is 0 Å². The van der Waals surface area contributed by atoms with Crippen LogP contribution >= 0.6 is 0 Å². The van der Waals surface area contributed by atoms with Crippen LogP contribution in [0.1, 0.15) is 5.69 Å². The first-order chi connectivity index (χ1) is 14.8. The molecular formula is C21H23FN4O4S. The molecule has 0 aliphatic carbocycles. The van der Waals surface area contributed by atoms with E-state index in [4.69, 9.17) is 0 Å². The smallest absolute Gasteiger partial charge is 0.325 e. The highest BCUT2D eigenvalue weighted by Crippen LogP contribution is 2.24. The summed E-state index contributed by atoms with van der Waals surface area (Å²) < 4.78 is 39.8. The lowest BCUT2D eigenvalue weighted by atomic mass is 10.1. The van der Waals surface area contributed by atoms with E-state index in [0.29, 0.717) is 26.2 Å². The molecule has 0 spiro atoms. The van der Waals surface area contributed by atoms with E-state index in [-0.39, 0.29) is 29.6 Å². The molecule has 10 heteroatoms. The molecule has 0 saturated carbocycles. The molecule has 1 aliphatic rings. The molecule has 3 N–H and O–H groups in total. The minimum atomic E-state index is -3.51. The van der Waals surface area contributed by atoms with Crippen LogP contribution in [0.4, 0.5) is 10.1 Å². The van der Waals surface area contributed by atoms with Gasteiger partial charge in [-0.2, -0.15) is 4.31 Å². The zero-order valence-corrected chi connectivity index (χ0v) is 17.5. The summed E-state index contributed by atoms with van der Waals surface area (Å²) >= 11 is 0. The highest BCUT2D eigenvalue weighted by atomic mass is 32.2. The highest BCUT2D eigenvalue weighted by Gasteiger charge is 2.27. The van der Waals surface area contributed by atoms with E-state index < -0.39 is 15.7 Å². The molecule has 1 saturated heterocycles. The second-order valence-electron chi connectivity index (χ2n) is 7.41. The number of H-pyrrole nitrogens is 2. The topological polar surface area (TPSA) is 109 Å². The van der Waals surface area contributed by atoms with Crippen molar-refractivity contribution in [1.82, 2.24) is 14.3 Å². The van der Waals surface area contributed by atoms with Crippen LogP contribution < -0.4 is 10.6 Å². The van der Waals surface area contributed by atoms with Crippen molar-refractivity contribution in [3.63, 3.8) is 0 Å². The molecule has 1 fully saturated rings. The summed E-state index contributed by atoms with van der Waals surface area (Å²) in [6.07, 6.45) is 0.0258. The average Bonchev–Trinajstić information content (AvgIpc) is 3.10. The fourth-order valence-electron chi connectivity index (χ4n) is 3.68. The SMILES string of the molecule is O=c1[nH]c(O)c(CCS(=O)(=O)N2CCN(c3ccc(-c4ccc(F)cc4)cc3)CC2)[nH]1. The number of benzene rings is 2. The van der Waals surface area contributed by atoms with Gasteiger partial charge in [-0.3, -0.25) is 4.98 Å². The third kappa shape index (κ3) is 4.80. The number of nitrogens with one attached hydrogen (secondary N) is 2. The first kappa shape index (κ1) is 21.1. The molecule has 164 valence electrons. The molecule has 8 nitrogen and oxygen atoms in total. The minimum Gasteiger partial charge on any atom is -0.493 e. The van der Waals surface area contributed by atoms with Gasteiger partial charge in [0.25, 0.3) is 0 Å². The number of aromatic nitrogens is 2. The van der Waals surface area contributed by atoms with Crippen molar-refractivity contribution in [2.45, 2.75) is 6.42 Å². The summed E-state index contributed by atoms with van der Waals surface area (Å²) in [6.45, 7) is 1.83. The predicted molar refractivity (Wildman–Crippen MR) is 116 cm³/mol. The summed E-state index contributed by atoms with van der Waals surface area (Å²) in [5.41, 5.74) is 2.53. The number of halogens is 1. The van der Waals surface area contributed by atoms with Gasteiger partial charge in [0, 0.05) is 38.3 Å². The third-order valence-electron chi connectivity index (χ3n) is 5.43. The van der Waals surface area contributed by atoms with Gasteiger partial charge in [-0.1, -0.05) is 24.3 Å². The molecule has 3 aromatic rings. The summed E-state index contributed by atoms with van der Waals surface area (Å²) in [5.74, 6) is -0.791. The van der Waals surface area contributed by atoms with Crippen molar-refractivity contribution in [2.75, 3.05) is 36.8 Å². The maximum Gasteiger partial charge on any atom is 0.325 e. The van der Waals surface area contributed by atoms with Crippen molar-refractivity contribution in [3.05, 3.63) is 70.5 Å². The van der Waals surface area contributed by atoms with Crippen LogP contribution in [0.5, 0.6) is 5.88 Å². The quantitative estimate of drug-likeness (QED) is 0.536. The van der Waals surface area contributed by atoms with E-state index in [1.807, 2.05) is 24.3 Å². The fraction of sp³-hybridized carbons (Fsp3) is 0.286. The largest absolute Gasteiger partial charge is 0.493 e. The van der Waals surface area contributed by atoms with E-state index in [9.17, 15) is 22.7 Å². The molecule has 0 amide bonds. The van der Waals surface area contributed by atoms with E-state index >= 15 is 0 Å². The van der Waals surface area contributed by atoms with Gasteiger partial charge in [0.1, 0.15) is 5.82 Å². The molecule has 0 radical (unpaired) electrons. The molecule has 1 aliphatic heterocycles. The Morgan fingerprint density at radius 2 is 1.48 bits per heavy atom. The maximum absolute atomic E-state index is 13.1. The van der Waals surface area contributed by atoms with Gasteiger partial charge in [-0.15, -0.1) is 0 Å². The molecular weight excluding hydrogens is 423 g/mol. The van der Waals surface area contributed by atoms with Crippen LogP contribution in [0.15, 0.2) is 53.3 Å². The van der Waals surface area contributed by atoms with Crippen molar-refractivity contribution in [3.8, 4) is 17.0 Å². The number of sulfonamides is 1. The van der Waals surface area contributed by atoms with Crippen LogP contribution in [-0.2, 0) is 16.4 Å². The predicted octanol–water partition coefficient (Wildman–Crippen LogP) is 1.91. The summed E-state index contributed by atoms with van der Waals surface area (Å²) in [5, 5.41) is 9.59. The number of aromatic amines is 2. The number of nitrogens with zero attached hydrogens (tertiary/aromatic N) is 2. The van der Waals surface area contributed by atoms with Crippen molar-refractivity contribution < 1.29 is 17.9 Å². The molecule has 0 unspecified atom stereocenters. The number of anilines is 1. The van der Waals surface area contributed by atoms with Gasteiger partial charge >= 0.3 is 5.69 Å². The van der Waals surface area contributed by atoms with Crippen LogP contribution in [0.2, 0.25) is 0 Å². The maximum atomic E-state index is 13.1. The van der Waals surface area contributed by atoms with Gasteiger partial charge < -0.3 is 15.0 Å². The van der Waals surface area contributed by atoms with Crippen LogP contribution in [0.3, 0.4) is 0 Å². The van der Waals surface area contributed by atoms with Gasteiger partial charge in [-0.25, -0.2) is 17.6 Å². The van der Waals surface area contributed by atoms with Crippen molar-refractivity contribution >= 4 is 15.7 Å². The number of aromatic hydroxyl groups is 1. The Kier molecular flexibility index (Phi) is 5.84. The number of rotatable bonds is 6. The molecule has 0 atom stereocenters. The van der Waals surface area contributed by atoms with Gasteiger partial charge in [0.15, 0.2) is 0 Å². The van der Waals surface area contributed by atoms with Crippen LogP contribution in [0, 0.1) is 5.82 Å². The van der Waals surface area contributed by atoms with Gasteiger partial charge in [0.2, 0.25) is 15.9 Å². The average molecular weight is 447 g/mol. The summed E-state index contributed by atoms with van der Waals surface area (Å²) in [7, 11) is -3.51. The lowest BCUT2D eigenvalue weighted by Gasteiger charge is -2.35. The van der Waals surface area contributed by atoms with E-state index in [0.717, 1.165) is 16.8 Å². The molecule has 2 aromatic carbocycles. The Morgan fingerprint density at radius 1 is 0.903 bits per heavy atom. The summed E-state index contributed by atoms with van der Waals surface area (Å²) in [6, 6.07) is 14.2. The molecule has 1 aromatic heterocycles.